The highest BCUT2D eigenvalue weighted by molar-refractivity contribution is 5.90. The topological polar surface area (TPSA) is 39.8 Å². The summed E-state index contributed by atoms with van der Waals surface area (Å²) >= 11 is 0. The first-order valence-electron chi connectivity index (χ1n) is 9.41. The highest BCUT2D eigenvalue weighted by atomic mass is 16.1. The summed E-state index contributed by atoms with van der Waals surface area (Å²) < 4.78 is 3.72. The molecule has 0 radical (unpaired) electrons. The summed E-state index contributed by atoms with van der Waals surface area (Å²) in [6.45, 7) is 7.29. The largest absolute Gasteiger partial charge is 0.329 e. The lowest BCUT2D eigenvalue weighted by Gasteiger charge is -2.21. The van der Waals surface area contributed by atoms with Crippen molar-refractivity contribution in [2.24, 2.45) is 0 Å². The number of aryl methyl sites for hydroxylation is 1. The predicted molar refractivity (Wildman–Crippen MR) is 110 cm³/mol. The summed E-state index contributed by atoms with van der Waals surface area (Å²) in [7, 11) is 0. The van der Waals surface area contributed by atoms with Crippen LogP contribution in [0.25, 0.3) is 33.8 Å². The summed E-state index contributed by atoms with van der Waals surface area (Å²) in [5.41, 5.74) is 6.85. The molecule has 0 spiro atoms. The molecule has 27 heavy (non-hydrogen) atoms. The Bertz CT molecular complexity index is 1110. The number of hydrogen-bond acceptors (Lipinski definition) is 2. The second kappa shape index (κ2) is 6.88. The summed E-state index contributed by atoms with van der Waals surface area (Å²) in [5, 5.41) is 0. The van der Waals surface area contributed by atoms with Crippen LogP contribution in [0.15, 0.2) is 65.5 Å². The van der Waals surface area contributed by atoms with Gasteiger partial charge in [-0.3, -0.25) is 14.1 Å². The van der Waals surface area contributed by atoms with E-state index < -0.39 is 0 Å². The quantitative estimate of drug-likeness (QED) is 0.525. The van der Waals surface area contributed by atoms with Crippen LogP contribution in [0.5, 0.6) is 0 Å². The number of hydrogen-bond donors (Lipinski definition) is 0. The van der Waals surface area contributed by atoms with Crippen LogP contribution in [-0.2, 0) is 13.1 Å². The molecule has 2 aromatic rings. The van der Waals surface area contributed by atoms with Crippen molar-refractivity contribution in [3.8, 4) is 33.8 Å². The molecule has 4 nitrogen and oxygen atoms in total. The number of rotatable bonds is 4. The molecule has 2 aliphatic heterocycles. The zero-order valence-electron chi connectivity index (χ0n) is 15.9. The van der Waals surface area contributed by atoms with Crippen molar-refractivity contribution in [1.29, 1.82) is 0 Å². The van der Waals surface area contributed by atoms with Crippen LogP contribution in [-0.4, -0.2) is 14.1 Å². The maximum absolute atomic E-state index is 13.3. The van der Waals surface area contributed by atoms with Crippen molar-refractivity contribution in [2.75, 3.05) is 0 Å². The Labute approximate surface area is 159 Å². The van der Waals surface area contributed by atoms with Gasteiger partial charge in [-0.25, -0.2) is 4.79 Å². The molecule has 0 fully saturated rings. The van der Waals surface area contributed by atoms with E-state index in [1.807, 2.05) is 66.3 Å². The molecule has 2 aromatic carbocycles. The summed E-state index contributed by atoms with van der Waals surface area (Å²) in [4.78, 5) is 18.2. The second-order valence-corrected chi connectivity index (χ2v) is 6.62. The monoisotopic (exact) mass is 357 g/mol. The van der Waals surface area contributed by atoms with Gasteiger partial charge >= 0.3 is 5.69 Å². The van der Waals surface area contributed by atoms with E-state index in [1.54, 1.807) is 0 Å². The molecule has 0 aliphatic carbocycles. The lowest BCUT2D eigenvalue weighted by atomic mass is 9.99. The van der Waals surface area contributed by atoms with Crippen LogP contribution in [0.2, 0.25) is 0 Å². The molecule has 0 saturated heterocycles. The Morgan fingerprint density at radius 3 is 1.85 bits per heavy atom. The molecule has 0 saturated carbocycles. The average molecular weight is 357 g/mol. The Hall–Kier alpha value is -3.14. The molecule has 0 bridgehead atoms. The predicted octanol–water partition coefficient (Wildman–Crippen LogP) is 4.83. The van der Waals surface area contributed by atoms with Crippen LogP contribution >= 0.6 is 0 Å². The van der Waals surface area contributed by atoms with Crippen LogP contribution in [0.3, 0.4) is 0 Å². The first-order chi connectivity index (χ1) is 13.2. The van der Waals surface area contributed by atoms with Crippen LogP contribution in [0.1, 0.15) is 19.5 Å². The summed E-state index contributed by atoms with van der Waals surface area (Å²) in [5.74, 6) is 0. The molecule has 0 amide bonds. The Kier molecular flexibility index (Phi) is 4.40. The third-order valence-corrected chi connectivity index (χ3v) is 5.07. The summed E-state index contributed by atoms with van der Waals surface area (Å²) in [6, 6.07) is 20.2. The van der Waals surface area contributed by atoms with Crippen molar-refractivity contribution in [3.63, 3.8) is 0 Å². The summed E-state index contributed by atoms with van der Waals surface area (Å²) in [6.07, 6.45) is 0. The van der Waals surface area contributed by atoms with E-state index >= 15 is 0 Å². The van der Waals surface area contributed by atoms with E-state index in [9.17, 15) is 4.79 Å². The molecule has 0 N–H and O–H groups in total. The van der Waals surface area contributed by atoms with Gasteiger partial charge in [0.05, 0.1) is 17.1 Å². The van der Waals surface area contributed by atoms with Gasteiger partial charge in [0, 0.05) is 29.9 Å². The highest BCUT2D eigenvalue weighted by Crippen LogP contribution is 2.41. The van der Waals surface area contributed by atoms with Gasteiger partial charge in [0.1, 0.15) is 0 Å². The number of nitrogens with zero attached hydrogens (tertiary/aromatic N) is 3. The lowest BCUT2D eigenvalue weighted by Crippen LogP contribution is -2.33. The minimum absolute atomic E-state index is 0.0101. The van der Waals surface area contributed by atoms with Gasteiger partial charge < -0.3 is 0 Å². The molecule has 0 atom stereocenters. The standard InChI is InChI=1S/C23H23N3O/c1-4-25-21(18-14-10-7-11-15-18)19-16(3)24-20(17-12-8-6-9-13-17)22(19)26(5-2)23(25)27/h6-15H,4-5H2,1-3H3. The number of benzene rings is 2. The van der Waals surface area contributed by atoms with Crippen molar-refractivity contribution in [1.82, 2.24) is 14.1 Å². The van der Waals surface area contributed by atoms with Crippen LogP contribution in [0.4, 0.5) is 0 Å². The molecule has 0 unspecified atom stereocenters. The van der Waals surface area contributed by atoms with E-state index in [0.717, 1.165) is 39.5 Å². The molecule has 2 heterocycles. The van der Waals surface area contributed by atoms with E-state index in [-0.39, 0.29) is 5.69 Å². The fraction of sp³-hybridized carbons (Fsp3) is 0.217. The fourth-order valence-electron chi connectivity index (χ4n) is 3.86. The van der Waals surface area contributed by atoms with Crippen molar-refractivity contribution in [2.45, 2.75) is 33.9 Å². The zero-order chi connectivity index (χ0) is 19.0. The molecule has 0 aromatic heterocycles. The third-order valence-electron chi connectivity index (χ3n) is 5.07. The van der Waals surface area contributed by atoms with Gasteiger partial charge in [0.2, 0.25) is 0 Å². The minimum atomic E-state index is 0.0101. The number of aromatic nitrogens is 3. The van der Waals surface area contributed by atoms with Crippen molar-refractivity contribution in [3.05, 3.63) is 76.8 Å². The fourth-order valence-corrected chi connectivity index (χ4v) is 3.86. The number of fused-ring (bicyclic) bond motifs is 1. The first kappa shape index (κ1) is 17.3. The van der Waals surface area contributed by atoms with Gasteiger partial charge in [0.15, 0.2) is 0 Å². The van der Waals surface area contributed by atoms with Gasteiger partial charge in [-0.05, 0) is 26.3 Å². The smallest absolute Gasteiger partial charge is 0.293 e. The molecular weight excluding hydrogens is 334 g/mol. The zero-order valence-corrected chi connectivity index (χ0v) is 15.9. The van der Waals surface area contributed by atoms with E-state index in [4.69, 9.17) is 4.98 Å². The lowest BCUT2D eigenvalue weighted by molar-refractivity contribution is 0.614. The molecular formula is C23H23N3O. The van der Waals surface area contributed by atoms with E-state index in [1.165, 1.54) is 0 Å². The van der Waals surface area contributed by atoms with E-state index in [2.05, 4.69) is 24.3 Å². The minimum Gasteiger partial charge on any atom is -0.293 e. The van der Waals surface area contributed by atoms with Gasteiger partial charge in [-0.2, -0.15) is 0 Å². The maximum atomic E-state index is 13.3. The van der Waals surface area contributed by atoms with Gasteiger partial charge in [-0.1, -0.05) is 60.7 Å². The van der Waals surface area contributed by atoms with Crippen LogP contribution in [0, 0.1) is 6.92 Å². The van der Waals surface area contributed by atoms with Crippen molar-refractivity contribution >= 4 is 0 Å². The van der Waals surface area contributed by atoms with Gasteiger partial charge in [-0.15, -0.1) is 0 Å². The van der Waals surface area contributed by atoms with E-state index in [0.29, 0.717) is 13.1 Å². The average Bonchev–Trinajstić information content (AvgIpc) is 3.05. The molecule has 4 heteroatoms. The Morgan fingerprint density at radius 2 is 1.30 bits per heavy atom. The van der Waals surface area contributed by atoms with Crippen molar-refractivity contribution < 1.29 is 0 Å². The molecule has 4 rings (SSSR count). The first-order valence-corrected chi connectivity index (χ1v) is 9.41. The maximum Gasteiger partial charge on any atom is 0.329 e. The second-order valence-electron chi connectivity index (χ2n) is 6.62. The third kappa shape index (κ3) is 2.69. The van der Waals surface area contributed by atoms with Gasteiger partial charge in [0.25, 0.3) is 0 Å². The Morgan fingerprint density at radius 1 is 0.778 bits per heavy atom. The Balaban J connectivity index is 2.16. The normalized spacial score (nSPS) is 11.2. The SMILES string of the molecule is CCn1c2c(-c3ccccc3)nc(C)c-2c(-c2ccccc2)n(CC)c1=O. The highest BCUT2D eigenvalue weighted by Gasteiger charge is 2.28. The molecule has 2 aliphatic rings. The molecule has 136 valence electrons. The van der Waals surface area contributed by atoms with Crippen LogP contribution < -0.4 is 5.69 Å².